The highest BCUT2D eigenvalue weighted by Crippen LogP contribution is 2.30. The minimum absolute atomic E-state index is 0.0343. The number of nitrogens with zero attached hydrogens (tertiary/aromatic N) is 1. The SMILES string of the molecule is CN1CCC(Sc2ccc(C=O)cc2)C1=O. The number of likely N-dealkylation sites (tertiary alicyclic amines) is 1. The normalized spacial score (nSPS) is 20.2. The number of carbonyl (C=O) groups excluding carboxylic acids is 2. The standard InChI is InChI=1S/C12H13NO2S/c1-13-7-6-11(12(13)15)16-10-4-2-9(8-14)3-5-10/h2-5,8,11H,6-7H2,1H3. The lowest BCUT2D eigenvalue weighted by atomic mass is 10.2. The van der Waals surface area contributed by atoms with E-state index < -0.39 is 0 Å². The molecule has 1 fully saturated rings. The van der Waals surface area contributed by atoms with E-state index in [1.165, 1.54) is 0 Å². The number of rotatable bonds is 3. The van der Waals surface area contributed by atoms with Gasteiger partial charge < -0.3 is 4.90 Å². The van der Waals surface area contributed by atoms with Crippen LogP contribution in [0.1, 0.15) is 16.8 Å². The van der Waals surface area contributed by atoms with E-state index in [0.29, 0.717) is 5.56 Å². The molecule has 1 saturated heterocycles. The summed E-state index contributed by atoms with van der Waals surface area (Å²) in [5.41, 5.74) is 0.666. The highest BCUT2D eigenvalue weighted by atomic mass is 32.2. The lowest BCUT2D eigenvalue weighted by Gasteiger charge is -2.09. The molecule has 4 heteroatoms. The number of hydrogen-bond donors (Lipinski definition) is 0. The second-order valence-electron chi connectivity index (χ2n) is 3.84. The Morgan fingerprint density at radius 3 is 2.56 bits per heavy atom. The van der Waals surface area contributed by atoms with Gasteiger partial charge in [-0.15, -0.1) is 11.8 Å². The Morgan fingerprint density at radius 2 is 2.06 bits per heavy atom. The van der Waals surface area contributed by atoms with Crippen molar-refractivity contribution in [2.45, 2.75) is 16.6 Å². The predicted octanol–water partition coefficient (Wildman–Crippen LogP) is 1.82. The summed E-state index contributed by atoms with van der Waals surface area (Å²) >= 11 is 1.58. The van der Waals surface area contributed by atoms with Crippen molar-refractivity contribution in [3.05, 3.63) is 29.8 Å². The largest absolute Gasteiger partial charge is 0.345 e. The summed E-state index contributed by atoms with van der Waals surface area (Å²) in [5.74, 6) is 0.199. The lowest BCUT2D eigenvalue weighted by molar-refractivity contribution is -0.126. The second-order valence-corrected chi connectivity index (χ2v) is 5.12. The van der Waals surface area contributed by atoms with Crippen molar-refractivity contribution in [3.63, 3.8) is 0 Å². The first-order chi connectivity index (χ1) is 7.70. The van der Waals surface area contributed by atoms with Crippen LogP contribution in [0.15, 0.2) is 29.2 Å². The second kappa shape index (κ2) is 4.70. The summed E-state index contributed by atoms with van der Waals surface area (Å²) in [4.78, 5) is 25.0. The maximum atomic E-state index is 11.7. The highest BCUT2D eigenvalue weighted by molar-refractivity contribution is 8.00. The van der Waals surface area contributed by atoms with Crippen LogP contribution in [0.25, 0.3) is 0 Å². The van der Waals surface area contributed by atoms with Gasteiger partial charge >= 0.3 is 0 Å². The molecule has 0 spiro atoms. The van der Waals surface area contributed by atoms with Crippen molar-refractivity contribution in [1.29, 1.82) is 0 Å². The summed E-state index contributed by atoms with van der Waals surface area (Å²) in [6, 6.07) is 7.33. The molecule has 1 atom stereocenters. The minimum Gasteiger partial charge on any atom is -0.345 e. The van der Waals surface area contributed by atoms with Gasteiger partial charge in [-0.1, -0.05) is 12.1 Å². The fourth-order valence-electron chi connectivity index (χ4n) is 1.69. The van der Waals surface area contributed by atoms with E-state index in [1.54, 1.807) is 28.8 Å². The molecule has 1 aromatic rings. The molecule has 84 valence electrons. The van der Waals surface area contributed by atoms with Gasteiger partial charge in [-0.05, 0) is 18.6 Å². The van der Waals surface area contributed by atoms with E-state index in [9.17, 15) is 9.59 Å². The molecule has 0 radical (unpaired) electrons. The zero-order valence-electron chi connectivity index (χ0n) is 9.05. The summed E-state index contributed by atoms with van der Waals surface area (Å²) in [6.07, 6.45) is 1.72. The average molecular weight is 235 g/mol. The van der Waals surface area contributed by atoms with Crippen molar-refractivity contribution >= 4 is 24.0 Å². The minimum atomic E-state index is 0.0343. The first-order valence-corrected chi connectivity index (χ1v) is 6.05. The van der Waals surface area contributed by atoms with Gasteiger partial charge in [0.1, 0.15) is 6.29 Å². The van der Waals surface area contributed by atoms with Gasteiger partial charge in [-0.25, -0.2) is 0 Å². The Hall–Kier alpha value is -1.29. The fraction of sp³-hybridized carbons (Fsp3) is 0.333. The Bertz CT molecular complexity index is 402. The van der Waals surface area contributed by atoms with Crippen LogP contribution in [-0.2, 0) is 4.79 Å². The van der Waals surface area contributed by atoms with Crippen LogP contribution in [0.4, 0.5) is 0 Å². The summed E-state index contributed by atoms with van der Waals surface area (Å²) in [7, 11) is 1.83. The molecule has 1 aromatic carbocycles. The number of thioether (sulfide) groups is 1. The van der Waals surface area contributed by atoms with E-state index in [4.69, 9.17) is 0 Å². The molecule has 1 aliphatic rings. The Balaban J connectivity index is 2.04. The van der Waals surface area contributed by atoms with Gasteiger partial charge in [0.05, 0.1) is 5.25 Å². The number of hydrogen-bond acceptors (Lipinski definition) is 3. The van der Waals surface area contributed by atoms with Crippen LogP contribution in [0, 0.1) is 0 Å². The molecule has 0 aliphatic carbocycles. The van der Waals surface area contributed by atoms with E-state index in [-0.39, 0.29) is 11.2 Å². The third-order valence-corrected chi connectivity index (χ3v) is 3.94. The number of aldehydes is 1. The van der Waals surface area contributed by atoms with Crippen LogP contribution in [-0.4, -0.2) is 35.9 Å². The van der Waals surface area contributed by atoms with Crippen LogP contribution in [0.2, 0.25) is 0 Å². The van der Waals surface area contributed by atoms with Crippen LogP contribution < -0.4 is 0 Å². The molecule has 3 nitrogen and oxygen atoms in total. The zero-order valence-corrected chi connectivity index (χ0v) is 9.87. The molecule has 1 heterocycles. The third-order valence-electron chi connectivity index (χ3n) is 2.67. The molecule has 1 aliphatic heterocycles. The van der Waals surface area contributed by atoms with Gasteiger partial charge in [0, 0.05) is 24.1 Å². The number of carbonyl (C=O) groups is 2. The molecule has 0 saturated carbocycles. The maximum Gasteiger partial charge on any atom is 0.235 e. The maximum absolute atomic E-state index is 11.7. The van der Waals surface area contributed by atoms with E-state index >= 15 is 0 Å². The van der Waals surface area contributed by atoms with Crippen molar-refractivity contribution in [3.8, 4) is 0 Å². The molecule has 2 rings (SSSR count). The summed E-state index contributed by atoms with van der Waals surface area (Å²) in [5, 5.41) is 0.0343. The van der Waals surface area contributed by atoms with Gasteiger partial charge in [-0.2, -0.15) is 0 Å². The molecular formula is C12H13NO2S. The predicted molar refractivity (Wildman–Crippen MR) is 63.7 cm³/mol. The average Bonchev–Trinajstić information content (AvgIpc) is 2.62. The first-order valence-electron chi connectivity index (χ1n) is 5.17. The zero-order chi connectivity index (χ0) is 11.5. The molecule has 16 heavy (non-hydrogen) atoms. The van der Waals surface area contributed by atoms with Crippen LogP contribution in [0.5, 0.6) is 0 Å². The molecule has 1 amide bonds. The van der Waals surface area contributed by atoms with E-state index in [1.807, 2.05) is 19.2 Å². The van der Waals surface area contributed by atoms with Crippen molar-refractivity contribution < 1.29 is 9.59 Å². The number of benzene rings is 1. The Morgan fingerprint density at radius 1 is 1.38 bits per heavy atom. The monoisotopic (exact) mass is 235 g/mol. The van der Waals surface area contributed by atoms with E-state index in [2.05, 4.69) is 0 Å². The molecular weight excluding hydrogens is 222 g/mol. The lowest BCUT2D eigenvalue weighted by Crippen LogP contribution is -2.23. The van der Waals surface area contributed by atoms with E-state index in [0.717, 1.165) is 24.1 Å². The van der Waals surface area contributed by atoms with Gasteiger partial charge in [0.2, 0.25) is 5.91 Å². The topological polar surface area (TPSA) is 37.4 Å². The summed E-state index contributed by atoms with van der Waals surface area (Å²) < 4.78 is 0. The van der Waals surface area contributed by atoms with Crippen molar-refractivity contribution in [1.82, 2.24) is 4.90 Å². The highest BCUT2D eigenvalue weighted by Gasteiger charge is 2.29. The van der Waals surface area contributed by atoms with Crippen LogP contribution in [0.3, 0.4) is 0 Å². The summed E-state index contributed by atoms with van der Waals surface area (Å²) in [6.45, 7) is 0.836. The van der Waals surface area contributed by atoms with Crippen LogP contribution >= 0.6 is 11.8 Å². The fourth-order valence-corrected chi connectivity index (χ4v) is 2.81. The quantitative estimate of drug-likeness (QED) is 0.750. The molecule has 1 unspecified atom stereocenters. The van der Waals surface area contributed by atoms with Gasteiger partial charge in [0.15, 0.2) is 0 Å². The third kappa shape index (κ3) is 2.27. The van der Waals surface area contributed by atoms with Gasteiger partial charge in [0.25, 0.3) is 0 Å². The number of amides is 1. The molecule has 0 N–H and O–H groups in total. The molecule has 0 bridgehead atoms. The molecule has 0 aromatic heterocycles. The van der Waals surface area contributed by atoms with Gasteiger partial charge in [-0.3, -0.25) is 9.59 Å². The Kier molecular flexibility index (Phi) is 3.29. The smallest absolute Gasteiger partial charge is 0.235 e. The van der Waals surface area contributed by atoms with Crippen molar-refractivity contribution in [2.75, 3.05) is 13.6 Å². The van der Waals surface area contributed by atoms with Crippen molar-refractivity contribution in [2.24, 2.45) is 0 Å². The Labute approximate surface area is 98.8 Å². The first kappa shape index (κ1) is 11.2.